The fourth-order valence-electron chi connectivity index (χ4n) is 2.95. The van der Waals surface area contributed by atoms with Gasteiger partial charge in [0.25, 0.3) is 5.91 Å². The van der Waals surface area contributed by atoms with Crippen LogP contribution in [0.1, 0.15) is 21.5 Å². The highest BCUT2D eigenvalue weighted by molar-refractivity contribution is 6.35. The maximum absolute atomic E-state index is 12.3. The second-order valence-corrected chi connectivity index (χ2v) is 7.78. The van der Waals surface area contributed by atoms with Gasteiger partial charge in [0.2, 0.25) is 0 Å². The van der Waals surface area contributed by atoms with Crippen LogP contribution in [-0.4, -0.2) is 39.4 Å². The van der Waals surface area contributed by atoms with Gasteiger partial charge in [0, 0.05) is 21.2 Å². The second-order valence-electron chi connectivity index (χ2n) is 6.94. The van der Waals surface area contributed by atoms with E-state index in [1.165, 1.54) is 17.2 Å². The molecule has 4 aromatic rings. The van der Waals surface area contributed by atoms with Crippen molar-refractivity contribution >= 4 is 35.3 Å². The van der Waals surface area contributed by atoms with Crippen molar-refractivity contribution in [3.63, 3.8) is 0 Å². The number of carbonyl (C=O) groups excluding carboxylic acids is 1. The van der Waals surface area contributed by atoms with Crippen LogP contribution in [0.25, 0.3) is 5.69 Å². The van der Waals surface area contributed by atoms with Crippen LogP contribution in [-0.2, 0) is 6.61 Å². The van der Waals surface area contributed by atoms with Crippen molar-refractivity contribution in [2.24, 2.45) is 5.10 Å². The highest BCUT2D eigenvalue weighted by atomic mass is 35.5. The van der Waals surface area contributed by atoms with Crippen LogP contribution < -0.4 is 14.9 Å². The lowest BCUT2D eigenvalue weighted by atomic mass is 10.2. The summed E-state index contributed by atoms with van der Waals surface area (Å²) in [5, 5.41) is 16.1. The Kier molecular flexibility index (Phi) is 7.36. The Labute approximate surface area is 204 Å². The number of hydrogen-bond donors (Lipinski definition) is 1. The number of nitrogens with one attached hydrogen (secondary N) is 1. The molecule has 9 nitrogen and oxygen atoms in total. The number of benzene rings is 3. The first-order chi connectivity index (χ1) is 16.5. The van der Waals surface area contributed by atoms with Crippen molar-refractivity contribution in [1.82, 2.24) is 25.6 Å². The first-order valence-corrected chi connectivity index (χ1v) is 10.7. The smallest absolute Gasteiger partial charge is 0.271 e. The SMILES string of the molecule is COc1cc(/C=N/NC(=O)c2ccc(-n3cnnn3)cc2)ccc1OCc1ccc(Cl)cc1Cl. The van der Waals surface area contributed by atoms with Crippen molar-refractivity contribution in [2.75, 3.05) is 7.11 Å². The highest BCUT2D eigenvalue weighted by Gasteiger charge is 2.09. The van der Waals surface area contributed by atoms with Gasteiger partial charge in [-0.2, -0.15) is 5.10 Å². The van der Waals surface area contributed by atoms with Crippen LogP contribution in [0.5, 0.6) is 11.5 Å². The van der Waals surface area contributed by atoms with E-state index in [2.05, 4.69) is 26.1 Å². The van der Waals surface area contributed by atoms with Gasteiger partial charge < -0.3 is 9.47 Å². The molecule has 0 fully saturated rings. The van der Waals surface area contributed by atoms with Gasteiger partial charge in [0.05, 0.1) is 19.0 Å². The van der Waals surface area contributed by atoms with Gasteiger partial charge >= 0.3 is 0 Å². The molecule has 1 heterocycles. The Morgan fingerprint density at radius 1 is 1.09 bits per heavy atom. The molecule has 172 valence electrons. The van der Waals surface area contributed by atoms with E-state index in [1.54, 1.807) is 67.8 Å². The van der Waals surface area contributed by atoms with E-state index in [0.29, 0.717) is 32.7 Å². The molecule has 0 saturated carbocycles. The highest BCUT2D eigenvalue weighted by Crippen LogP contribution is 2.29. The predicted octanol–water partition coefficient (Wildman–Crippen LogP) is 4.32. The Bertz CT molecular complexity index is 1310. The lowest BCUT2D eigenvalue weighted by molar-refractivity contribution is 0.0955. The van der Waals surface area contributed by atoms with Crippen LogP contribution in [0.4, 0.5) is 0 Å². The van der Waals surface area contributed by atoms with E-state index in [0.717, 1.165) is 11.3 Å². The van der Waals surface area contributed by atoms with Crippen LogP contribution in [0.15, 0.2) is 72.1 Å². The van der Waals surface area contributed by atoms with E-state index in [1.807, 2.05) is 0 Å². The zero-order chi connectivity index (χ0) is 23.9. The van der Waals surface area contributed by atoms with Gasteiger partial charge in [0.15, 0.2) is 11.5 Å². The molecule has 0 spiro atoms. The molecule has 0 aliphatic carbocycles. The minimum absolute atomic E-state index is 0.252. The minimum Gasteiger partial charge on any atom is -0.493 e. The summed E-state index contributed by atoms with van der Waals surface area (Å²) in [5.41, 5.74) is 5.18. The Morgan fingerprint density at radius 3 is 2.62 bits per heavy atom. The van der Waals surface area contributed by atoms with Gasteiger partial charge in [0.1, 0.15) is 12.9 Å². The molecule has 3 aromatic carbocycles. The summed E-state index contributed by atoms with van der Waals surface area (Å²) in [7, 11) is 1.54. The number of halogens is 2. The van der Waals surface area contributed by atoms with Gasteiger partial charge in [-0.15, -0.1) is 5.10 Å². The molecule has 0 aliphatic rings. The summed E-state index contributed by atoms with van der Waals surface area (Å²) >= 11 is 12.1. The van der Waals surface area contributed by atoms with Crippen molar-refractivity contribution in [3.8, 4) is 17.2 Å². The number of amides is 1. The summed E-state index contributed by atoms with van der Waals surface area (Å²) in [6.07, 6.45) is 2.98. The normalized spacial score (nSPS) is 10.9. The molecular weight excluding hydrogens is 479 g/mol. The molecular formula is C23H18Cl2N6O3. The van der Waals surface area contributed by atoms with Crippen LogP contribution in [0.2, 0.25) is 10.0 Å². The van der Waals surface area contributed by atoms with Crippen molar-refractivity contribution in [2.45, 2.75) is 6.61 Å². The molecule has 34 heavy (non-hydrogen) atoms. The summed E-state index contributed by atoms with van der Waals surface area (Å²) in [6, 6.07) is 17.3. The first kappa shape index (κ1) is 23.2. The molecule has 11 heteroatoms. The number of carbonyl (C=O) groups is 1. The molecule has 4 rings (SSSR count). The number of tetrazole rings is 1. The molecule has 0 bridgehead atoms. The minimum atomic E-state index is -0.355. The standard InChI is InChI=1S/C23H18Cl2N6O3/c1-33-22-10-15(2-9-21(22)34-13-17-3-6-18(24)11-20(17)25)12-26-28-23(32)16-4-7-19(8-5-16)31-14-27-29-30-31/h2-12,14H,13H2,1H3,(H,28,32)/b26-12+. The van der Waals surface area contributed by atoms with Gasteiger partial charge in [-0.3, -0.25) is 4.79 Å². The summed E-state index contributed by atoms with van der Waals surface area (Å²) in [4.78, 5) is 12.3. The van der Waals surface area contributed by atoms with Gasteiger partial charge in [-0.1, -0.05) is 29.3 Å². The van der Waals surface area contributed by atoms with Crippen LogP contribution in [0, 0.1) is 0 Å². The Morgan fingerprint density at radius 2 is 1.91 bits per heavy atom. The number of ether oxygens (including phenoxy) is 2. The largest absolute Gasteiger partial charge is 0.493 e. The second kappa shape index (κ2) is 10.8. The van der Waals surface area contributed by atoms with E-state index in [-0.39, 0.29) is 12.5 Å². The zero-order valence-corrected chi connectivity index (χ0v) is 19.4. The van der Waals surface area contributed by atoms with Crippen molar-refractivity contribution < 1.29 is 14.3 Å². The molecule has 0 unspecified atom stereocenters. The lowest BCUT2D eigenvalue weighted by Gasteiger charge is -2.12. The third-order valence-corrected chi connectivity index (χ3v) is 5.30. The fourth-order valence-corrected chi connectivity index (χ4v) is 3.42. The third-order valence-electron chi connectivity index (χ3n) is 4.71. The predicted molar refractivity (Wildman–Crippen MR) is 128 cm³/mol. The zero-order valence-electron chi connectivity index (χ0n) is 17.9. The number of aromatic nitrogens is 4. The maximum atomic E-state index is 12.3. The van der Waals surface area contributed by atoms with Crippen molar-refractivity contribution in [3.05, 3.63) is 93.7 Å². The molecule has 1 aromatic heterocycles. The molecule has 0 atom stereocenters. The molecule has 1 N–H and O–H groups in total. The number of nitrogens with zero attached hydrogens (tertiary/aromatic N) is 5. The molecule has 0 radical (unpaired) electrons. The number of methoxy groups -OCH3 is 1. The summed E-state index contributed by atoms with van der Waals surface area (Å²) in [6.45, 7) is 0.252. The molecule has 0 saturated heterocycles. The number of hydrazone groups is 1. The Balaban J connectivity index is 1.36. The third kappa shape index (κ3) is 5.69. The fraction of sp³-hybridized carbons (Fsp3) is 0.0870. The van der Waals surface area contributed by atoms with Gasteiger partial charge in [-0.25, -0.2) is 10.1 Å². The van der Waals surface area contributed by atoms with Gasteiger partial charge in [-0.05, 0) is 70.6 Å². The molecule has 0 aliphatic heterocycles. The quantitative estimate of drug-likeness (QED) is 0.287. The van der Waals surface area contributed by atoms with E-state index in [9.17, 15) is 4.79 Å². The summed E-state index contributed by atoms with van der Waals surface area (Å²) < 4.78 is 12.8. The van der Waals surface area contributed by atoms with E-state index >= 15 is 0 Å². The Hall–Kier alpha value is -3.95. The van der Waals surface area contributed by atoms with E-state index < -0.39 is 0 Å². The lowest BCUT2D eigenvalue weighted by Crippen LogP contribution is -2.17. The average Bonchev–Trinajstić information content (AvgIpc) is 3.39. The molecule has 1 amide bonds. The van der Waals surface area contributed by atoms with Crippen molar-refractivity contribution in [1.29, 1.82) is 0 Å². The van der Waals surface area contributed by atoms with Crippen LogP contribution in [0.3, 0.4) is 0 Å². The number of rotatable bonds is 8. The number of hydrogen-bond acceptors (Lipinski definition) is 7. The monoisotopic (exact) mass is 496 g/mol. The first-order valence-electron chi connectivity index (χ1n) is 9.95. The maximum Gasteiger partial charge on any atom is 0.271 e. The topological polar surface area (TPSA) is 104 Å². The average molecular weight is 497 g/mol. The summed E-state index contributed by atoms with van der Waals surface area (Å²) in [5.74, 6) is 0.696. The van der Waals surface area contributed by atoms with Crippen LogP contribution >= 0.6 is 23.2 Å². The van der Waals surface area contributed by atoms with E-state index in [4.69, 9.17) is 32.7 Å².